The van der Waals surface area contributed by atoms with Gasteiger partial charge < -0.3 is 15.3 Å². The molecule has 3 aliphatic rings. The molecule has 2 fully saturated rings. The van der Waals surface area contributed by atoms with Gasteiger partial charge in [-0.15, -0.1) is 0 Å². The molecule has 5 unspecified atom stereocenters. The molecule has 3 N–H and O–H groups in total. The molecule has 22 heavy (non-hydrogen) atoms. The first-order valence-electron chi connectivity index (χ1n) is 8.66. The van der Waals surface area contributed by atoms with Crippen LogP contribution in [0, 0.1) is 17.3 Å². The average molecular weight is 300 g/mol. The molecule has 1 aromatic rings. The Morgan fingerprint density at radius 1 is 1.14 bits per heavy atom. The minimum absolute atomic E-state index is 0.0501. The fourth-order valence-corrected chi connectivity index (χ4v) is 5.81. The van der Waals surface area contributed by atoms with Crippen LogP contribution >= 0.6 is 0 Å². The molecule has 0 aromatic heterocycles. The van der Waals surface area contributed by atoms with Crippen molar-refractivity contribution in [3.63, 3.8) is 0 Å². The van der Waals surface area contributed by atoms with Crippen molar-refractivity contribution in [3.8, 4) is 11.5 Å². The van der Waals surface area contributed by atoms with Gasteiger partial charge in [0.15, 0.2) is 11.5 Å². The van der Waals surface area contributed by atoms with Gasteiger partial charge in [0, 0.05) is 5.56 Å². The highest BCUT2D eigenvalue weighted by Gasteiger charge is 2.54. The summed E-state index contributed by atoms with van der Waals surface area (Å²) in [5, 5.41) is 30.7. The number of aromatic hydroxyl groups is 2. The second-order valence-electron chi connectivity index (χ2n) is 8.01. The summed E-state index contributed by atoms with van der Waals surface area (Å²) in [4.78, 5) is 0. The predicted molar refractivity (Wildman–Crippen MR) is 88.6 cm³/mol. The van der Waals surface area contributed by atoms with Crippen molar-refractivity contribution in [2.24, 2.45) is 17.3 Å². The van der Waals surface area contributed by atoms with Crippen LogP contribution in [0.2, 0.25) is 0 Å². The van der Waals surface area contributed by atoms with Gasteiger partial charge in [-0.3, -0.25) is 0 Å². The Balaban J connectivity index is 1.76. The van der Waals surface area contributed by atoms with Crippen LogP contribution in [0.4, 0.5) is 0 Å². The van der Waals surface area contributed by atoms with E-state index in [9.17, 15) is 15.3 Å². The summed E-state index contributed by atoms with van der Waals surface area (Å²) in [5.41, 5.74) is 3.09. The molecule has 0 saturated heterocycles. The summed E-state index contributed by atoms with van der Waals surface area (Å²) < 4.78 is 0. The molecule has 3 nitrogen and oxygen atoms in total. The van der Waals surface area contributed by atoms with E-state index in [1.54, 1.807) is 0 Å². The molecule has 0 bridgehead atoms. The highest BCUT2D eigenvalue weighted by atomic mass is 16.3. The van der Waals surface area contributed by atoms with Gasteiger partial charge in [-0.05, 0) is 72.7 Å². The maximum absolute atomic E-state index is 10.4. The summed E-state index contributed by atoms with van der Waals surface area (Å²) in [6, 6.07) is 2.09. The van der Waals surface area contributed by atoms with Crippen molar-refractivity contribution >= 4 is 13.3 Å². The number of hydrogen-bond acceptors (Lipinski definition) is 3. The number of benzene rings is 1. The SMILES string of the molecule is Bc1cc2c(c(O)c1O)CCC1C2CCC2(C)C(O)CCC12. The quantitative estimate of drug-likeness (QED) is 0.503. The summed E-state index contributed by atoms with van der Waals surface area (Å²) in [6.45, 7) is 2.28. The fraction of sp³-hybridized carbons (Fsp3) is 0.667. The van der Waals surface area contributed by atoms with Crippen LogP contribution < -0.4 is 5.46 Å². The molecular formula is C18H25BO3. The lowest BCUT2D eigenvalue weighted by atomic mass is 9.55. The number of fused-ring (bicyclic) bond motifs is 5. The van der Waals surface area contributed by atoms with Crippen LogP contribution in [0.3, 0.4) is 0 Å². The number of hydrogen-bond donors (Lipinski definition) is 3. The molecule has 0 aliphatic heterocycles. The van der Waals surface area contributed by atoms with E-state index in [1.807, 2.05) is 7.85 Å². The molecule has 4 heteroatoms. The Hall–Kier alpha value is -1.16. The van der Waals surface area contributed by atoms with Gasteiger partial charge in [-0.25, -0.2) is 0 Å². The van der Waals surface area contributed by atoms with Gasteiger partial charge in [-0.2, -0.15) is 0 Å². The molecule has 3 aliphatic carbocycles. The monoisotopic (exact) mass is 300 g/mol. The normalized spacial score (nSPS) is 39.9. The highest BCUT2D eigenvalue weighted by molar-refractivity contribution is 6.34. The molecule has 0 radical (unpaired) electrons. The van der Waals surface area contributed by atoms with Gasteiger partial charge in [0.05, 0.1) is 6.10 Å². The molecular weight excluding hydrogens is 275 g/mol. The zero-order chi connectivity index (χ0) is 15.6. The van der Waals surface area contributed by atoms with Crippen LogP contribution in [0.1, 0.15) is 56.1 Å². The van der Waals surface area contributed by atoms with Gasteiger partial charge in [0.1, 0.15) is 7.85 Å². The summed E-state index contributed by atoms with van der Waals surface area (Å²) in [5.74, 6) is 1.86. The molecule has 0 spiro atoms. The molecule has 0 heterocycles. The average Bonchev–Trinajstić information content (AvgIpc) is 2.80. The standard InChI is InChI=1S/C18H25BO3/c1-18-7-6-9-10(13(18)4-5-15(18)20)2-3-11-12(9)8-14(19)17(22)16(11)21/h8-10,13,15,20-22H,2-7,19H2,1H3. The second-order valence-corrected chi connectivity index (χ2v) is 8.01. The third-order valence-electron chi connectivity index (χ3n) is 7.12. The third-order valence-corrected chi connectivity index (χ3v) is 7.12. The lowest BCUT2D eigenvalue weighted by molar-refractivity contribution is -0.0227. The van der Waals surface area contributed by atoms with Crippen LogP contribution in [0.25, 0.3) is 0 Å². The van der Waals surface area contributed by atoms with Gasteiger partial charge in [0.2, 0.25) is 0 Å². The molecule has 1 aromatic carbocycles. The summed E-state index contributed by atoms with van der Waals surface area (Å²) >= 11 is 0. The van der Waals surface area contributed by atoms with E-state index >= 15 is 0 Å². The van der Waals surface area contributed by atoms with E-state index in [1.165, 1.54) is 5.56 Å². The van der Waals surface area contributed by atoms with E-state index < -0.39 is 0 Å². The van der Waals surface area contributed by atoms with Crippen LogP contribution in [0.5, 0.6) is 11.5 Å². The first-order valence-corrected chi connectivity index (χ1v) is 8.66. The maximum atomic E-state index is 10.4. The van der Waals surface area contributed by atoms with E-state index in [0.717, 1.165) is 49.6 Å². The van der Waals surface area contributed by atoms with Crippen molar-refractivity contribution in [2.45, 2.75) is 57.5 Å². The Kier molecular flexibility index (Phi) is 3.07. The highest BCUT2D eigenvalue weighted by Crippen LogP contribution is 2.61. The molecule has 5 atom stereocenters. The largest absolute Gasteiger partial charge is 0.505 e. The lowest BCUT2D eigenvalue weighted by Gasteiger charge is -2.50. The molecule has 4 rings (SSSR count). The van der Waals surface area contributed by atoms with Gasteiger partial charge in [-0.1, -0.05) is 13.0 Å². The summed E-state index contributed by atoms with van der Waals surface area (Å²) in [7, 11) is 1.87. The van der Waals surface area contributed by atoms with Crippen molar-refractivity contribution < 1.29 is 15.3 Å². The number of rotatable bonds is 0. The molecule has 118 valence electrons. The zero-order valence-corrected chi connectivity index (χ0v) is 13.5. The van der Waals surface area contributed by atoms with Crippen LogP contribution in [-0.4, -0.2) is 29.3 Å². The Morgan fingerprint density at radius 2 is 1.91 bits per heavy atom. The Morgan fingerprint density at radius 3 is 2.68 bits per heavy atom. The minimum Gasteiger partial charge on any atom is -0.505 e. The summed E-state index contributed by atoms with van der Waals surface area (Å²) in [6.07, 6.45) is 6.01. The maximum Gasteiger partial charge on any atom is 0.160 e. The van der Waals surface area contributed by atoms with Crippen molar-refractivity contribution in [1.82, 2.24) is 0 Å². The smallest absolute Gasteiger partial charge is 0.160 e. The van der Waals surface area contributed by atoms with E-state index in [4.69, 9.17) is 0 Å². The number of phenolic OH excluding ortho intramolecular Hbond substituents is 2. The number of aliphatic hydroxyl groups excluding tert-OH is 1. The Bertz CT molecular complexity index is 629. The molecule has 0 amide bonds. The zero-order valence-electron chi connectivity index (χ0n) is 13.5. The number of aliphatic hydroxyl groups is 1. The van der Waals surface area contributed by atoms with E-state index in [-0.39, 0.29) is 23.0 Å². The first-order chi connectivity index (χ1) is 10.4. The van der Waals surface area contributed by atoms with Crippen molar-refractivity contribution in [2.75, 3.05) is 0 Å². The van der Waals surface area contributed by atoms with Crippen LogP contribution in [0.15, 0.2) is 6.07 Å². The van der Waals surface area contributed by atoms with Crippen molar-refractivity contribution in [1.29, 1.82) is 0 Å². The number of phenols is 2. The predicted octanol–water partition coefficient (Wildman–Crippen LogP) is 1.57. The Labute approximate surface area is 132 Å². The van der Waals surface area contributed by atoms with Gasteiger partial charge in [0.25, 0.3) is 0 Å². The second kappa shape index (κ2) is 4.67. The van der Waals surface area contributed by atoms with Crippen molar-refractivity contribution in [3.05, 3.63) is 17.2 Å². The van der Waals surface area contributed by atoms with Crippen LogP contribution in [-0.2, 0) is 6.42 Å². The third kappa shape index (κ3) is 1.73. The first kappa shape index (κ1) is 14.4. The lowest BCUT2D eigenvalue weighted by Crippen LogP contribution is -2.44. The molecule has 2 saturated carbocycles. The van der Waals surface area contributed by atoms with E-state index in [0.29, 0.717) is 17.8 Å². The van der Waals surface area contributed by atoms with E-state index in [2.05, 4.69) is 13.0 Å². The topological polar surface area (TPSA) is 60.7 Å². The minimum atomic E-state index is -0.144. The fourth-order valence-electron chi connectivity index (χ4n) is 5.81. The van der Waals surface area contributed by atoms with Gasteiger partial charge >= 0.3 is 0 Å².